The van der Waals surface area contributed by atoms with Crippen LogP contribution in [0.5, 0.6) is 0 Å². The molecule has 0 bridgehead atoms. The summed E-state index contributed by atoms with van der Waals surface area (Å²) >= 11 is 6.23. The van der Waals surface area contributed by atoms with Gasteiger partial charge < -0.3 is 5.32 Å². The summed E-state index contributed by atoms with van der Waals surface area (Å²) in [6, 6.07) is 13.7. The Kier molecular flexibility index (Phi) is 5.85. The first-order valence-corrected chi connectivity index (χ1v) is 8.92. The van der Waals surface area contributed by atoms with E-state index in [1.807, 2.05) is 24.3 Å². The average Bonchev–Trinajstić information content (AvgIpc) is 2.64. The molecule has 1 fully saturated rings. The number of nitrogens with one attached hydrogen (secondary N) is 1. The highest BCUT2D eigenvalue weighted by molar-refractivity contribution is 6.31. The topological polar surface area (TPSA) is 75.5 Å². The molecule has 1 aliphatic rings. The molecule has 0 unspecified atom stereocenters. The Morgan fingerprint density at radius 2 is 2.08 bits per heavy atom. The van der Waals surface area contributed by atoms with E-state index in [-0.39, 0.29) is 17.5 Å². The molecule has 6 nitrogen and oxygen atoms in total. The second kappa shape index (κ2) is 8.29. The Balaban J connectivity index is 1.62. The molecule has 0 aromatic heterocycles. The summed E-state index contributed by atoms with van der Waals surface area (Å²) in [6.45, 7) is 2.28. The Morgan fingerprint density at radius 3 is 2.85 bits per heavy atom. The molecular weight excluding hydrogens is 354 g/mol. The molecule has 1 saturated heterocycles. The second-order valence-electron chi connectivity index (χ2n) is 6.46. The maximum absolute atomic E-state index is 12.6. The van der Waals surface area contributed by atoms with E-state index >= 15 is 0 Å². The third-order valence-corrected chi connectivity index (χ3v) is 4.92. The number of halogens is 1. The fourth-order valence-corrected chi connectivity index (χ4v) is 3.42. The molecule has 1 heterocycles. The number of hydrogen-bond acceptors (Lipinski definition) is 4. The number of carbonyl (C=O) groups excluding carboxylic acids is 1. The number of anilines is 1. The maximum atomic E-state index is 12.6. The van der Waals surface area contributed by atoms with Crippen molar-refractivity contribution < 1.29 is 9.72 Å². The molecule has 2 aromatic carbocycles. The van der Waals surface area contributed by atoms with Crippen LogP contribution >= 0.6 is 11.6 Å². The van der Waals surface area contributed by atoms with Crippen LogP contribution in [0.3, 0.4) is 0 Å². The summed E-state index contributed by atoms with van der Waals surface area (Å²) in [5.74, 6) is -0.250. The van der Waals surface area contributed by atoms with E-state index in [1.165, 1.54) is 12.1 Å². The normalized spacial score (nSPS) is 17.7. The van der Waals surface area contributed by atoms with Crippen LogP contribution in [0.15, 0.2) is 48.5 Å². The van der Waals surface area contributed by atoms with Crippen molar-refractivity contribution in [3.63, 3.8) is 0 Å². The highest BCUT2D eigenvalue weighted by atomic mass is 35.5. The molecule has 136 valence electrons. The maximum Gasteiger partial charge on any atom is 0.271 e. The van der Waals surface area contributed by atoms with Crippen molar-refractivity contribution in [2.45, 2.75) is 19.4 Å². The first kappa shape index (κ1) is 18.4. The van der Waals surface area contributed by atoms with E-state index in [1.54, 1.807) is 12.1 Å². The lowest BCUT2D eigenvalue weighted by molar-refractivity contribution is -0.384. The van der Waals surface area contributed by atoms with E-state index < -0.39 is 4.92 Å². The lowest BCUT2D eigenvalue weighted by Gasteiger charge is -2.32. The summed E-state index contributed by atoms with van der Waals surface area (Å²) < 4.78 is 0. The lowest BCUT2D eigenvalue weighted by Crippen LogP contribution is -2.40. The number of non-ortho nitro benzene ring substituents is 1. The van der Waals surface area contributed by atoms with Crippen molar-refractivity contribution in [2.75, 3.05) is 18.4 Å². The number of benzene rings is 2. The van der Waals surface area contributed by atoms with Gasteiger partial charge >= 0.3 is 0 Å². The number of nitrogens with zero attached hydrogens (tertiary/aromatic N) is 2. The predicted molar refractivity (Wildman–Crippen MR) is 101 cm³/mol. The van der Waals surface area contributed by atoms with Gasteiger partial charge in [-0.2, -0.15) is 0 Å². The molecule has 0 aliphatic carbocycles. The predicted octanol–water partition coefficient (Wildman–Crippen LogP) is 4.10. The van der Waals surface area contributed by atoms with Crippen LogP contribution < -0.4 is 5.32 Å². The van der Waals surface area contributed by atoms with Crippen molar-refractivity contribution in [3.8, 4) is 0 Å². The zero-order chi connectivity index (χ0) is 18.5. The van der Waals surface area contributed by atoms with Crippen LogP contribution in [0.2, 0.25) is 5.02 Å². The van der Waals surface area contributed by atoms with Gasteiger partial charge in [0.2, 0.25) is 5.91 Å². The number of nitro groups is 1. The minimum Gasteiger partial charge on any atom is -0.326 e. The summed E-state index contributed by atoms with van der Waals surface area (Å²) in [4.78, 5) is 25.2. The summed E-state index contributed by atoms with van der Waals surface area (Å²) in [5, 5.41) is 14.4. The Bertz CT molecular complexity index is 812. The van der Waals surface area contributed by atoms with Crippen molar-refractivity contribution in [2.24, 2.45) is 5.92 Å². The number of hydrogen-bond donors (Lipinski definition) is 1. The standard InChI is InChI=1S/C19H20ClN3O3/c20-18-9-2-1-5-14(18)12-22-10-4-6-15(13-22)19(24)21-16-7-3-8-17(11-16)23(25)26/h1-3,5,7-9,11,15H,4,6,10,12-13H2,(H,21,24)/t15-/m1/s1. The van der Waals surface area contributed by atoms with Crippen LogP contribution in [-0.4, -0.2) is 28.8 Å². The molecular formula is C19H20ClN3O3. The third kappa shape index (κ3) is 4.59. The van der Waals surface area contributed by atoms with Crippen LogP contribution in [0.25, 0.3) is 0 Å². The molecule has 1 atom stereocenters. The Labute approximate surface area is 156 Å². The van der Waals surface area contributed by atoms with Gasteiger partial charge in [-0.25, -0.2) is 0 Å². The van der Waals surface area contributed by atoms with Crippen molar-refractivity contribution >= 4 is 28.9 Å². The summed E-state index contributed by atoms with van der Waals surface area (Å²) in [5.41, 5.74) is 1.47. The molecule has 0 radical (unpaired) electrons. The quantitative estimate of drug-likeness (QED) is 0.632. The molecule has 0 saturated carbocycles. The molecule has 1 amide bonds. The van der Waals surface area contributed by atoms with Gasteiger partial charge in [-0.1, -0.05) is 35.9 Å². The van der Waals surface area contributed by atoms with Crippen molar-refractivity contribution in [1.29, 1.82) is 0 Å². The highest BCUT2D eigenvalue weighted by Crippen LogP contribution is 2.24. The van der Waals surface area contributed by atoms with Crippen LogP contribution in [0, 0.1) is 16.0 Å². The van der Waals surface area contributed by atoms with Gasteiger partial charge in [0, 0.05) is 35.9 Å². The van der Waals surface area contributed by atoms with Crippen LogP contribution in [0.4, 0.5) is 11.4 Å². The average molecular weight is 374 g/mol. The number of likely N-dealkylation sites (tertiary alicyclic amines) is 1. The zero-order valence-corrected chi connectivity index (χ0v) is 15.0. The highest BCUT2D eigenvalue weighted by Gasteiger charge is 2.26. The van der Waals surface area contributed by atoms with E-state index in [9.17, 15) is 14.9 Å². The molecule has 3 rings (SSSR count). The fourth-order valence-electron chi connectivity index (χ4n) is 3.22. The molecule has 26 heavy (non-hydrogen) atoms. The number of piperidine rings is 1. The minimum atomic E-state index is -0.471. The minimum absolute atomic E-state index is 0.0354. The largest absolute Gasteiger partial charge is 0.326 e. The van der Waals surface area contributed by atoms with Crippen LogP contribution in [0.1, 0.15) is 18.4 Å². The number of carbonyl (C=O) groups is 1. The Morgan fingerprint density at radius 1 is 1.27 bits per heavy atom. The van der Waals surface area contributed by atoms with Gasteiger partial charge in [0.25, 0.3) is 5.69 Å². The smallest absolute Gasteiger partial charge is 0.271 e. The van der Waals surface area contributed by atoms with Crippen LogP contribution in [-0.2, 0) is 11.3 Å². The van der Waals surface area contributed by atoms with Crippen molar-refractivity contribution in [1.82, 2.24) is 4.90 Å². The molecule has 1 aliphatic heterocycles. The second-order valence-corrected chi connectivity index (χ2v) is 6.87. The number of nitro benzene ring substituents is 1. The van der Waals surface area contributed by atoms with Gasteiger partial charge in [0.1, 0.15) is 0 Å². The number of amides is 1. The van der Waals surface area contributed by atoms with Gasteiger partial charge in [0.15, 0.2) is 0 Å². The molecule has 2 aromatic rings. The van der Waals surface area contributed by atoms with Crippen molar-refractivity contribution in [3.05, 3.63) is 69.2 Å². The lowest BCUT2D eigenvalue weighted by atomic mass is 9.96. The monoisotopic (exact) mass is 373 g/mol. The van der Waals surface area contributed by atoms with E-state index in [0.29, 0.717) is 18.8 Å². The van der Waals surface area contributed by atoms with Gasteiger partial charge in [-0.05, 0) is 37.1 Å². The van der Waals surface area contributed by atoms with E-state index in [4.69, 9.17) is 11.6 Å². The number of rotatable bonds is 5. The third-order valence-electron chi connectivity index (χ3n) is 4.55. The first-order chi connectivity index (χ1) is 12.5. The van der Waals surface area contributed by atoms with E-state index in [0.717, 1.165) is 30.0 Å². The molecule has 1 N–H and O–H groups in total. The zero-order valence-electron chi connectivity index (χ0n) is 14.2. The van der Waals surface area contributed by atoms with Gasteiger partial charge in [-0.15, -0.1) is 0 Å². The first-order valence-electron chi connectivity index (χ1n) is 8.54. The van der Waals surface area contributed by atoms with E-state index in [2.05, 4.69) is 10.2 Å². The fraction of sp³-hybridized carbons (Fsp3) is 0.316. The summed E-state index contributed by atoms with van der Waals surface area (Å²) in [6.07, 6.45) is 1.73. The summed E-state index contributed by atoms with van der Waals surface area (Å²) in [7, 11) is 0. The SMILES string of the molecule is O=C(Nc1cccc([N+](=O)[O-])c1)[C@@H]1CCCN(Cc2ccccc2Cl)C1. The molecule has 0 spiro atoms. The van der Waals surface area contributed by atoms with Gasteiger partial charge in [-0.3, -0.25) is 19.8 Å². The van der Waals surface area contributed by atoms with Gasteiger partial charge in [0.05, 0.1) is 10.8 Å². The molecule has 7 heteroatoms. The Hall–Kier alpha value is -2.44.